The Morgan fingerprint density at radius 3 is 2.11 bits per heavy atom. The van der Waals surface area contributed by atoms with E-state index in [0.717, 1.165) is 18.0 Å². The van der Waals surface area contributed by atoms with Gasteiger partial charge in [0.25, 0.3) is 11.8 Å². The summed E-state index contributed by atoms with van der Waals surface area (Å²) >= 11 is 0. The number of carbonyl (C=O) groups is 3. The van der Waals surface area contributed by atoms with Crippen LogP contribution in [-0.2, 0) is 4.79 Å². The third-order valence-corrected chi connectivity index (χ3v) is 5.79. The lowest BCUT2D eigenvalue weighted by molar-refractivity contribution is -0.126. The van der Waals surface area contributed by atoms with Crippen LogP contribution in [-0.4, -0.2) is 58.7 Å². The second-order valence-electron chi connectivity index (χ2n) is 8.90. The molecule has 2 heterocycles. The molecule has 1 atom stereocenters. The van der Waals surface area contributed by atoms with Gasteiger partial charge in [-0.05, 0) is 64.3 Å². The molecule has 0 aliphatic carbocycles. The minimum Gasteiger partial charge on any atom is -0.352 e. The first kappa shape index (κ1) is 20.5. The highest BCUT2D eigenvalue weighted by Gasteiger charge is 2.43. The number of likely N-dealkylation sites (tertiary alicyclic amines) is 1. The lowest BCUT2D eigenvalue weighted by Gasteiger charge is -2.36. The van der Waals surface area contributed by atoms with E-state index < -0.39 is 6.04 Å². The van der Waals surface area contributed by atoms with Crippen LogP contribution in [0.25, 0.3) is 0 Å². The van der Waals surface area contributed by atoms with Crippen molar-refractivity contribution in [2.24, 2.45) is 5.92 Å². The number of carbonyl (C=O) groups excluding carboxylic acids is 3. The van der Waals surface area contributed by atoms with E-state index in [1.807, 2.05) is 13.8 Å². The summed E-state index contributed by atoms with van der Waals surface area (Å²) in [6, 6.07) is 5.99. The molecule has 152 valence electrons. The van der Waals surface area contributed by atoms with Crippen molar-refractivity contribution in [2.45, 2.75) is 58.5 Å². The molecule has 6 nitrogen and oxygen atoms in total. The second kappa shape index (κ2) is 8.03. The molecular formula is C22H31N3O3. The third-order valence-electron chi connectivity index (χ3n) is 5.79. The maximum absolute atomic E-state index is 13.1. The summed E-state index contributed by atoms with van der Waals surface area (Å²) in [5, 5.41) is 3.02. The van der Waals surface area contributed by atoms with Gasteiger partial charge in [-0.2, -0.15) is 0 Å². The molecule has 1 aromatic rings. The zero-order chi connectivity index (χ0) is 20.5. The predicted octanol–water partition coefficient (Wildman–Crippen LogP) is 2.69. The first-order valence-corrected chi connectivity index (χ1v) is 10.2. The number of benzene rings is 1. The highest BCUT2D eigenvalue weighted by molar-refractivity contribution is 6.22. The Hall–Kier alpha value is -2.21. The summed E-state index contributed by atoms with van der Waals surface area (Å²) in [4.78, 5) is 42.4. The first-order chi connectivity index (χ1) is 13.2. The van der Waals surface area contributed by atoms with Gasteiger partial charge >= 0.3 is 0 Å². The quantitative estimate of drug-likeness (QED) is 0.733. The van der Waals surface area contributed by atoms with E-state index in [1.54, 1.807) is 24.3 Å². The molecule has 0 saturated carbocycles. The van der Waals surface area contributed by atoms with Crippen LogP contribution in [0.4, 0.5) is 0 Å². The molecular weight excluding hydrogens is 354 g/mol. The fourth-order valence-electron chi connectivity index (χ4n) is 4.12. The van der Waals surface area contributed by atoms with Crippen LogP contribution < -0.4 is 5.32 Å². The number of nitrogens with one attached hydrogen (secondary N) is 1. The van der Waals surface area contributed by atoms with Gasteiger partial charge < -0.3 is 5.32 Å². The predicted molar refractivity (Wildman–Crippen MR) is 108 cm³/mol. The van der Waals surface area contributed by atoms with E-state index in [-0.39, 0.29) is 29.2 Å². The number of hydrogen-bond donors (Lipinski definition) is 1. The van der Waals surface area contributed by atoms with E-state index in [9.17, 15) is 14.4 Å². The molecule has 3 rings (SSSR count). The van der Waals surface area contributed by atoms with Gasteiger partial charge in [-0.3, -0.25) is 24.2 Å². The van der Waals surface area contributed by atoms with Gasteiger partial charge in [0, 0.05) is 12.1 Å². The number of rotatable bonds is 7. The molecule has 3 amide bonds. The molecule has 0 bridgehead atoms. The Morgan fingerprint density at radius 2 is 1.61 bits per heavy atom. The number of fused-ring (bicyclic) bond motifs is 1. The Bertz CT molecular complexity index is 731. The largest absolute Gasteiger partial charge is 0.352 e. The smallest absolute Gasteiger partial charge is 0.262 e. The van der Waals surface area contributed by atoms with Crippen molar-refractivity contribution in [3.05, 3.63) is 35.4 Å². The van der Waals surface area contributed by atoms with Crippen molar-refractivity contribution in [2.75, 3.05) is 19.6 Å². The monoisotopic (exact) mass is 385 g/mol. The standard InChI is InChI=1S/C22H31N3O3/c1-15(2)13-18(19(26)23-14-22(3,4)24-11-7-8-12-24)25-20(27)16-9-5-6-10-17(16)21(25)28/h5-6,9-10,15,18H,7-8,11-14H2,1-4H3,(H,23,26). The lowest BCUT2D eigenvalue weighted by Crippen LogP contribution is -2.55. The van der Waals surface area contributed by atoms with Crippen LogP contribution in [0, 0.1) is 5.92 Å². The topological polar surface area (TPSA) is 69.7 Å². The molecule has 28 heavy (non-hydrogen) atoms. The molecule has 6 heteroatoms. The van der Waals surface area contributed by atoms with Crippen LogP contribution in [0.3, 0.4) is 0 Å². The van der Waals surface area contributed by atoms with Crippen molar-refractivity contribution >= 4 is 17.7 Å². The molecule has 0 radical (unpaired) electrons. The molecule has 1 fully saturated rings. The summed E-state index contributed by atoms with van der Waals surface area (Å²) in [5.41, 5.74) is 0.606. The highest BCUT2D eigenvalue weighted by atomic mass is 16.2. The number of imide groups is 1. The number of hydrogen-bond acceptors (Lipinski definition) is 4. The van der Waals surface area contributed by atoms with Crippen LogP contribution in [0.1, 0.15) is 67.7 Å². The molecule has 2 aliphatic rings. The zero-order valence-electron chi connectivity index (χ0n) is 17.3. The third kappa shape index (κ3) is 3.97. The van der Waals surface area contributed by atoms with Crippen molar-refractivity contribution < 1.29 is 14.4 Å². The highest BCUT2D eigenvalue weighted by Crippen LogP contribution is 2.27. The average molecular weight is 386 g/mol. The first-order valence-electron chi connectivity index (χ1n) is 10.2. The van der Waals surface area contributed by atoms with Gasteiger partial charge in [-0.15, -0.1) is 0 Å². The minimum atomic E-state index is -0.790. The molecule has 1 N–H and O–H groups in total. The maximum Gasteiger partial charge on any atom is 0.262 e. The van der Waals surface area contributed by atoms with E-state index in [1.165, 1.54) is 12.8 Å². The maximum atomic E-state index is 13.1. The zero-order valence-corrected chi connectivity index (χ0v) is 17.3. The Balaban J connectivity index is 1.76. The van der Waals surface area contributed by atoms with E-state index in [0.29, 0.717) is 24.1 Å². The minimum absolute atomic E-state index is 0.156. The fraction of sp³-hybridized carbons (Fsp3) is 0.591. The Kier molecular flexibility index (Phi) is 5.89. The van der Waals surface area contributed by atoms with E-state index in [4.69, 9.17) is 0 Å². The van der Waals surface area contributed by atoms with Gasteiger partial charge in [0.05, 0.1) is 11.1 Å². The van der Waals surface area contributed by atoms with Crippen LogP contribution in [0.2, 0.25) is 0 Å². The molecule has 2 aliphatic heterocycles. The van der Waals surface area contributed by atoms with Gasteiger partial charge in [0.1, 0.15) is 6.04 Å². The SMILES string of the molecule is CC(C)CC(C(=O)NCC(C)(C)N1CCCC1)N1C(=O)c2ccccc2C1=O. The fourth-order valence-corrected chi connectivity index (χ4v) is 4.12. The molecule has 0 spiro atoms. The summed E-state index contributed by atoms with van der Waals surface area (Å²) in [6.45, 7) is 10.8. The van der Waals surface area contributed by atoms with Gasteiger partial charge in [0.2, 0.25) is 5.91 Å². The Labute approximate surface area is 167 Å². The van der Waals surface area contributed by atoms with Crippen LogP contribution >= 0.6 is 0 Å². The van der Waals surface area contributed by atoms with Gasteiger partial charge in [0.15, 0.2) is 0 Å². The molecule has 0 aromatic heterocycles. The van der Waals surface area contributed by atoms with Crippen molar-refractivity contribution in [3.8, 4) is 0 Å². The summed E-state index contributed by atoms with van der Waals surface area (Å²) in [6.07, 6.45) is 2.81. The molecule has 1 unspecified atom stereocenters. The van der Waals surface area contributed by atoms with Gasteiger partial charge in [-0.1, -0.05) is 26.0 Å². The second-order valence-corrected chi connectivity index (χ2v) is 8.90. The number of amides is 3. The van der Waals surface area contributed by atoms with Gasteiger partial charge in [-0.25, -0.2) is 0 Å². The molecule has 1 saturated heterocycles. The lowest BCUT2D eigenvalue weighted by atomic mass is 10.00. The van der Waals surface area contributed by atoms with E-state index >= 15 is 0 Å². The summed E-state index contributed by atoms with van der Waals surface area (Å²) < 4.78 is 0. The normalized spacial score (nSPS) is 18.7. The number of nitrogens with zero attached hydrogens (tertiary/aromatic N) is 2. The van der Waals surface area contributed by atoms with Crippen molar-refractivity contribution in [1.82, 2.24) is 15.1 Å². The Morgan fingerprint density at radius 1 is 1.07 bits per heavy atom. The van der Waals surface area contributed by atoms with Crippen molar-refractivity contribution in [3.63, 3.8) is 0 Å². The van der Waals surface area contributed by atoms with Crippen molar-refractivity contribution in [1.29, 1.82) is 0 Å². The van der Waals surface area contributed by atoms with Crippen LogP contribution in [0.5, 0.6) is 0 Å². The average Bonchev–Trinajstić information content (AvgIpc) is 3.27. The van der Waals surface area contributed by atoms with Crippen LogP contribution in [0.15, 0.2) is 24.3 Å². The van der Waals surface area contributed by atoms with E-state index in [2.05, 4.69) is 24.1 Å². The summed E-state index contributed by atoms with van der Waals surface area (Å²) in [5.74, 6) is -0.831. The summed E-state index contributed by atoms with van der Waals surface area (Å²) in [7, 11) is 0. The molecule has 1 aromatic carbocycles.